The maximum atomic E-state index is 11.5. The van der Waals surface area contributed by atoms with Crippen molar-refractivity contribution in [1.82, 2.24) is 10.2 Å². The molecular weight excluding hydrogens is 204 g/mol. The fourth-order valence-electron chi connectivity index (χ4n) is 1.34. The summed E-state index contributed by atoms with van der Waals surface area (Å²) in [5, 5.41) is 2.88. The highest BCUT2D eigenvalue weighted by Gasteiger charge is 2.06. The van der Waals surface area contributed by atoms with Crippen molar-refractivity contribution in [2.24, 2.45) is 0 Å². The van der Waals surface area contributed by atoms with Gasteiger partial charge >= 0.3 is 6.03 Å². The summed E-state index contributed by atoms with van der Waals surface area (Å²) in [6, 6.07) is 0.0264. The number of unbranched alkanes of at least 4 members (excludes halogenated alkanes) is 1. The van der Waals surface area contributed by atoms with Crippen LogP contribution in [0.2, 0.25) is 0 Å². The highest BCUT2D eigenvalue weighted by molar-refractivity contribution is 5.73. The number of rotatable bonds is 9. The normalized spacial score (nSPS) is 10.2. The van der Waals surface area contributed by atoms with Crippen LogP contribution in [0.15, 0.2) is 0 Å². The molecule has 2 amide bonds. The molecule has 0 saturated heterocycles. The quantitative estimate of drug-likeness (QED) is 0.617. The van der Waals surface area contributed by atoms with Gasteiger partial charge in [-0.15, -0.1) is 0 Å². The molecule has 0 radical (unpaired) electrons. The highest BCUT2D eigenvalue weighted by atomic mass is 16.5. The predicted octanol–water partition coefficient (Wildman–Crippen LogP) is 2.24. The van der Waals surface area contributed by atoms with Gasteiger partial charge < -0.3 is 15.0 Å². The number of amides is 2. The van der Waals surface area contributed by atoms with Crippen LogP contribution in [0.3, 0.4) is 0 Å². The van der Waals surface area contributed by atoms with Crippen LogP contribution < -0.4 is 5.32 Å². The molecule has 1 N–H and O–H groups in total. The van der Waals surface area contributed by atoms with Gasteiger partial charge in [-0.1, -0.05) is 13.3 Å². The maximum absolute atomic E-state index is 11.5. The van der Waals surface area contributed by atoms with E-state index in [1.54, 1.807) is 4.90 Å². The summed E-state index contributed by atoms with van der Waals surface area (Å²) in [7, 11) is 0. The largest absolute Gasteiger partial charge is 0.381 e. The topological polar surface area (TPSA) is 41.6 Å². The predicted molar refractivity (Wildman–Crippen MR) is 66.7 cm³/mol. The van der Waals surface area contributed by atoms with Crippen molar-refractivity contribution >= 4 is 6.03 Å². The van der Waals surface area contributed by atoms with Crippen molar-refractivity contribution in [2.45, 2.75) is 40.0 Å². The summed E-state index contributed by atoms with van der Waals surface area (Å²) in [5.41, 5.74) is 0. The van der Waals surface area contributed by atoms with E-state index in [1.807, 2.05) is 13.8 Å². The number of carbonyl (C=O) groups is 1. The summed E-state index contributed by atoms with van der Waals surface area (Å²) in [6.45, 7) is 9.90. The van der Waals surface area contributed by atoms with Gasteiger partial charge in [0, 0.05) is 32.8 Å². The first-order valence-corrected chi connectivity index (χ1v) is 6.36. The Labute approximate surface area is 99.3 Å². The fourth-order valence-corrected chi connectivity index (χ4v) is 1.34. The summed E-state index contributed by atoms with van der Waals surface area (Å²) in [6.07, 6.45) is 3.17. The third-order valence-electron chi connectivity index (χ3n) is 2.43. The lowest BCUT2D eigenvalue weighted by molar-refractivity contribution is 0.128. The Bertz CT molecular complexity index is 170. The van der Waals surface area contributed by atoms with Crippen LogP contribution in [0, 0.1) is 0 Å². The van der Waals surface area contributed by atoms with Gasteiger partial charge in [0.25, 0.3) is 0 Å². The van der Waals surface area contributed by atoms with Crippen molar-refractivity contribution in [2.75, 3.05) is 32.8 Å². The Kier molecular flexibility index (Phi) is 10.2. The third kappa shape index (κ3) is 7.51. The number of hydrogen-bond acceptors (Lipinski definition) is 2. The van der Waals surface area contributed by atoms with Gasteiger partial charge in [0.05, 0.1) is 0 Å². The average molecular weight is 230 g/mol. The molecule has 96 valence electrons. The zero-order valence-electron chi connectivity index (χ0n) is 10.9. The maximum Gasteiger partial charge on any atom is 0.317 e. The Morgan fingerprint density at radius 2 is 1.75 bits per heavy atom. The van der Waals surface area contributed by atoms with Crippen molar-refractivity contribution in [3.8, 4) is 0 Å². The molecule has 16 heavy (non-hydrogen) atoms. The Hall–Kier alpha value is -0.770. The lowest BCUT2D eigenvalue weighted by atomic mass is 10.4. The number of urea groups is 1. The van der Waals surface area contributed by atoms with Crippen LogP contribution in [0.1, 0.15) is 40.0 Å². The van der Waals surface area contributed by atoms with Crippen LogP contribution >= 0.6 is 0 Å². The molecule has 0 fully saturated rings. The second-order valence-electron chi connectivity index (χ2n) is 3.72. The summed E-state index contributed by atoms with van der Waals surface area (Å²) in [5.74, 6) is 0. The van der Waals surface area contributed by atoms with E-state index in [4.69, 9.17) is 4.74 Å². The van der Waals surface area contributed by atoms with Gasteiger partial charge in [0.1, 0.15) is 0 Å². The zero-order chi connectivity index (χ0) is 12.2. The van der Waals surface area contributed by atoms with Crippen LogP contribution in [0.4, 0.5) is 4.79 Å². The Morgan fingerprint density at radius 3 is 2.31 bits per heavy atom. The van der Waals surface area contributed by atoms with E-state index in [-0.39, 0.29) is 6.03 Å². The lowest BCUT2D eigenvalue weighted by Crippen LogP contribution is -2.40. The number of hydrogen-bond donors (Lipinski definition) is 1. The van der Waals surface area contributed by atoms with E-state index in [1.165, 1.54) is 6.42 Å². The molecule has 0 atom stereocenters. The van der Waals surface area contributed by atoms with Gasteiger partial charge in [0.15, 0.2) is 0 Å². The number of carbonyl (C=O) groups excluding carboxylic acids is 1. The Morgan fingerprint density at radius 1 is 1.12 bits per heavy atom. The fraction of sp³-hybridized carbons (Fsp3) is 0.917. The minimum Gasteiger partial charge on any atom is -0.381 e. The molecule has 0 heterocycles. The first-order chi connectivity index (χ1) is 7.76. The molecule has 0 rings (SSSR count). The smallest absolute Gasteiger partial charge is 0.317 e. The van der Waals surface area contributed by atoms with Gasteiger partial charge in [-0.05, 0) is 26.7 Å². The standard InChI is InChI=1S/C12H26N2O2/c1-4-7-10-16-11-8-9-13-12(15)14(5-2)6-3/h4-11H2,1-3H3,(H,13,15). The minimum atomic E-state index is 0.0264. The number of nitrogens with zero attached hydrogens (tertiary/aromatic N) is 1. The molecule has 0 aromatic heterocycles. The van der Waals surface area contributed by atoms with Gasteiger partial charge in [-0.2, -0.15) is 0 Å². The number of nitrogens with one attached hydrogen (secondary N) is 1. The van der Waals surface area contributed by atoms with E-state index >= 15 is 0 Å². The highest BCUT2D eigenvalue weighted by Crippen LogP contribution is 1.91. The average Bonchev–Trinajstić information content (AvgIpc) is 2.29. The van der Waals surface area contributed by atoms with Crippen molar-refractivity contribution < 1.29 is 9.53 Å². The molecule has 4 heteroatoms. The molecule has 0 aliphatic rings. The molecule has 0 aliphatic heterocycles. The van der Waals surface area contributed by atoms with Crippen LogP contribution in [0.25, 0.3) is 0 Å². The molecule has 0 unspecified atom stereocenters. The second-order valence-corrected chi connectivity index (χ2v) is 3.72. The molecular formula is C12H26N2O2. The molecule has 0 aliphatic carbocycles. The van der Waals surface area contributed by atoms with Gasteiger partial charge in [-0.25, -0.2) is 4.79 Å². The van der Waals surface area contributed by atoms with E-state index in [2.05, 4.69) is 12.2 Å². The molecule has 0 saturated carbocycles. The minimum absolute atomic E-state index is 0.0264. The Balaban J connectivity index is 3.33. The monoisotopic (exact) mass is 230 g/mol. The molecule has 0 spiro atoms. The summed E-state index contributed by atoms with van der Waals surface area (Å²) in [4.78, 5) is 13.3. The second kappa shape index (κ2) is 10.7. The summed E-state index contributed by atoms with van der Waals surface area (Å²) < 4.78 is 5.40. The molecule has 4 nitrogen and oxygen atoms in total. The summed E-state index contributed by atoms with van der Waals surface area (Å²) >= 11 is 0. The van der Waals surface area contributed by atoms with E-state index in [0.717, 1.165) is 39.1 Å². The van der Waals surface area contributed by atoms with E-state index in [0.29, 0.717) is 6.54 Å². The third-order valence-corrected chi connectivity index (χ3v) is 2.43. The molecule has 0 bridgehead atoms. The number of ether oxygens (including phenoxy) is 1. The SMILES string of the molecule is CCCCOCCCNC(=O)N(CC)CC. The first-order valence-electron chi connectivity index (χ1n) is 6.36. The molecule has 0 aromatic carbocycles. The molecule has 0 aromatic rings. The van der Waals surface area contributed by atoms with Gasteiger partial charge in [0.2, 0.25) is 0 Å². The van der Waals surface area contributed by atoms with Crippen molar-refractivity contribution in [3.63, 3.8) is 0 Å². The van der Waals surface area contributed by atoms with Crippen molar-refractivity contribution in [3.05, 3.63) is 0 Å². The van der Waals surface area contributed by atoms with E-state index in [9.17, 15) is 4.79 Å². The van der Waals surface area contributed by atoms with Gasteiger partial charge in [-0.3, -0.25) is 0 Å². The van der Waals surface area contributed by atoms with Crippen molar-refractivity contribution in [1.29, 1.82) is 0 Å². The van der Waals surface area contributed by atoms with Crippen LogP contribution in [-0.4, -0.2) is 43.8 Å². The van der Waals surface area contributed by atoms with Crippen LogP contribution in [0.5, 0.6) is 0 Å². The van der Waals surface area contributed by atoms with E-state index < -0.39 is 0 Å². The van der Waals surface area contributed by atoms with Crippen LogP contribution in [-0.2, 0) is 4.74 Å². The zero-order valence-corrected chi connectivity index (χ0v) is 10.9. The lowest BCUT2D eigenvalue weighted by Gasteiger charge is -2.19. The first kappa shape index (κ1) is 15.2.